The van der Waals surface area contributed by atoms with Crippen LogP contribution in [0.5, 0.6) is 28.7 Å². The van der Waals surface area contributed by atoms with Gasteiger partial charge in [0.25, 0.3) is 0 Å². The smallest absolute Gasteiger partial charge is 0.203 e. The first-order valence-corrected chi connectivity index (χ1v) is 8.87. The molecule has 2 N–H and O–H groups in total. The number of benzene rings is 2. The molecule has 6 heteroatoms. The molecule has 0 spiro atoms. The third-order valence-corrected chi connectivity index (χ3v) is 5.12. The summed E-state index contributed by atoms with van der Waals surface area (Å²) in [5.41, 5.74) is 2.94. The summed E-state index contributed by atoms with van der Waals surface area (Å²) in [6.45, 7) is -0.370. The van der Waals surface area contributed by atoms with Gasteiger partial charge in [-0.3, -0.25) is 4.90 Å². The van der Waals surface area contributed by atoms with E-state index >= 15 is 0 Å². The number of hydrogen-bond donors (Lipinski definition) is 2. The molecule has 0 saturated heterocycles. The molecule has 6 nitrogen and oxygen atoms in total. The minimum absolute atomic E-state index is 0.0294. The van der Waals surface area contributed by atoms with Crippen LogP contribution >= 0.6 is 0 Å². The van der Waals surface area contributed by atoms with Crippen LogP contribution in [0.2, 0.25) is 0 Å². The van der Waals surface area contributed by atoms with Gasteiger partial charge in [0.15, 0.2) is 23.0 Å². The molecule has 1 aliphatic heterocycles. The van der Waals surface area contributed by atoms with Crippen LogP contribution in [0, 0.1) is 0 Å². The summed E-state index contributed by atoms with van der Waals surface area (Å²) in [6, 6.07) is 7.07. The number of rotatable bonds is 6. The summed E-state index contributed by atoms with van der Waals surface area (Å²) < 4.78 is 24.1. The van der Waals surface area contributed by atoms with E-state index in [2.05, 4.69) is 0 Å². The van der Waals surface area contributed by atoms with Gasteiger partial charge in [0, 0.05) is 13.9 Å². The zero-order valence-electron chi connectivity index (χ0n) is 17.2. The van der Waals surface area contributed by atoms with E-state index in [0.29, 0.717) is 30.1 Å². The van der Waals surface area contributed by atoms with Gasteiger partial charge in [0.2, 0.25) is 5.75 Å². The number of phenolic OH excluding ortho intramolecular Hbond substituents is 2. The zero-order chi connectivity index (χ0) is 20.4. The average Bonchev–Trinajstić information content (AvgIpc) is 2.68. The molecule has 0 aromatic heterocycles. The average molecular weight is 375 g/mol. The van der Waals surface area contributed by atoms with Gasteiger partial charge in [0.1, 0.15) is 0 Å². The number of hydrogen-bond acceptors (Lipinski definition) is 6. The minimum Gasteiger partial charge on any atom is -0.504 e. The maximum absolute atomic E-state index is 10.2. The van der Waals surface area contributed by atoms with E-state index in [1.807, 2.05) is 24.1 Å². The Kier molecular flexibility index (Phi) is 5.25. The van der Waals surface area contributed by atoms with Crippen LogP contribution in [-0.2, 0) is 12.8 Å². The molecule has 1 unspecified atom stereocenters. The highest BCUT2D eigenvalue weighted by atomic mass is 16.5. The van der Waals surface area contributed by atoms with Crippen molar-refractivity contribution in [3.8, 4) is 28.7 Å². The van der Waals surface area contributed by atoms with Crippen LogP contribution in [0.25, 0.3) is 0 Å². The summed E-state index contributed by atoms with van der Waals surface area (Å²) in [7, 11) is 6.47. The second kappa shape index (κ2) is 7.96. The number of aromatic hydroxyl groups is 2. The predicted octanol–water partition coefficient (Wildman–Crippen LogP) is 3.29. The lowest BCUT2D eigenvalue weighted by Crippen LogP contribution is -2.32. The van der Waals surface area contributed by atoms with Crippen molar-refractivity contribution in [1.82, 2.24) is 4.90 Å². The third kappa shape index (κ3) is 3.76. The molecule has 0 bridgehead atoms. The summed E-state index contributed by atoms with van der Waals surface area (Å²) in [5, 5.41) is 20.4. The topological polar surface area (TPSA) is 71.4 Å². The molecule has 2 aromatic rings. The molecule has 0 aliphatic carbocycles. The number of ether oxygens (including phenoxy) is 3. The van der Waals surface area contributed by atoms with Gasteiger partial charge in [-0.1, -0.05) is 0 Å². The standard InChI is InChI=1S/C21H27NO5/c1-22-8-7-14-11-19(25-2)17(23)12-15(14)16(22)6-5-13-9-18(24)21(27-4)20(10-13)26-3/h9-12,16,23-24H,5-8H2,1-4H3/i8T/t8-,16?/m1/s1. The maximum atomic E-state index is 10.2. The number of nitrogens with zero attached hydrogens (tertiary/aromatic N) is 1. The van der Waals surface area contributed by atoms with Crippen molar-refractivity contribution in [3.05, 3.63) is 41.0 Å². The molecule has 2 aromatic carbocycles. The van der Waals surface area contributed by atoms with E-state index < -0.39 is 0 Å². The van der Waals surface area contributed by atoms with Crippen LogP contribution in [0.4, 0.5) is 0 Å². The molecule has 0 amide bonds. The van der Waals surface area contributed by atoms with Gasteiger partial charge in [-0.15, -0.1) is 0 Å². The van der Waals surface area contributed by atoms with Crippen molar-refractivity contribution in [2.24, 2.45) is 0 Å². The Balaban J connectivity index is 1.88. The van der Waals surface area contributed by atoms with Crippen molar-refractivity contribution in [2.45, 2.75) is 25.3 Å². The number of aryl methyl sites for hydroxylation is 2. The predicted molar refractivity (Wildman–Crippen MR) is 103 cm³/mol. The molecule has 0 fully saturated rings. The summed E-state index contributed by atoms with van der Waals surface area (Å²) >= 11 is 0. The highest BCUT2D eigenvalue weighted by molar-refractivity contribution is 5.53. The first kappa shape index (κ1) is 17.8. The summed E-state index contributed by atoms with van der Waals surface area (Å²) in [4.78, 5) is 2.01. The minimum atomic E-state index is -0.370. The molecular weight excluding hydrogens is 346 g/mol. The van der Waals surface area contributed by atoms with Crippen LogP contribution in [-0.4, -0.2) is 50.0 Å². The molecule has 0 saturated carbocycles. The van der Waals surface area contributed by atoms with E-state index in [0.717, 1.165) is 23.1 Å². The molecule has 27 heavy (non-hydrogen) atoms. The number of fused-ring (bicyclic) bond motifs is 1. The Morgan fingerprint density at radius 2 is 1.78 bits per heavy atom. The molecule has 146 valence electrons. The highest BCUT2D eigenvalue weighted by Gasteiger charge is 2.26. The Bertz CT molecular complexity index is 857. The van der Waals surface area contributed by atoms with E-state index in [-0.39, 0.29) is 24.1 Å². The molecule has 2 atom stereocenters. The molecule has 1 heterocycles. The highest BCUT2D eigenvalue weighted by Crippen LogP contribution is 2.41. The van der Waals surface area contributed by atoms with Gasteiger partial charge in [-0.05, 0) is 67.3 Å². The van der Waals surface area contributed by atoms with Crippen LogP contribution in [0.3, 0.4) is 0 Å². The van der Waals surface area contributed by atoms with Crippen molar-refractivity contribution in [2.75, 3.05) is 34.9 Å². The Morgan fingerprint density at radius 1 is 1.04 bits per heavy atom. The number of likely N-dealkylation sites (N-methyl/N-ethyl adjacent to an activating group) is 1. The number of phenols is 2. The van der Waals surface area contributed by atoms with E-state index in [4.69, 9.17) is 15.6 Å². The zero-order valence-corrected chi connectivity index (χ0v) is 16.2. The Hall–Kier alpha value is -2.60. The van der Waals surface area contributed by atoms with Crippen molar-refractivity contribution >= 4 is 0 Å². The molecule has 3 rings (SSSR count). The van der Waals surface area contributed by atoms with Gasteiger partial charge in [0.05, 0.1) is 21.3 Å². The van der Waals surface area contributed by atoms with Crippen LogP contribution in [0.15, 0.2) is 24.3 Å². The second-order valence-corrected chi connectivity index (χ2v) is 6.68. The third-order valence-electron chi connectivity index (χ3n) is 5.12. The monoisotopic (exact) mass is 375 g/mol. The number of methoxy groups -OCH3 is 3. The lowest BCUT2D eigenvalue weighted by atomic mass is 9.88. The lowest BCUT2D eigenvalue weighted by Gasteiger charge is -2.35. The van der Waals surface area contributed by atoms with E-state index in [1.54, 1.807) is 12.1 Å². The van der Waals surface area contributed by atoms with E-state index in [9.17, 15) is 10.2 Å². The van der Waals surface area contributed by atoms with Gasteiger partial charge >= 0.3 is 0 Å². The lowest BCUT2D eigenvalue weighted by molar-refractivity contribution is 0.218. The fraction of sp³-hybridized carbons (Fsp3) is 0.429. The van der Waals surface area contributed by atoms with Crippen LogP contribution in [0.1, 0.15) is 30.5 Å². The Morgan fingerprint density at radius 3 is 2.44 bits per heavy atom. The quantitative estimate of drug-likeness (QED) is 0.807. The van der Waals surface area contributed by atoms with Crippen molar-refractivity contribution in [3.63, 3.8) is 0 Å². The second-order valence-electron chi connectivity index (χ2n) is 6.68. The van der Waals surface area contributed by atoms with E-state index in [1.165, 1.54) is 21.3 Å². The first-order chi connectivity index (χ1) is 13.4. The van der Waals surface area contributed by atoms with Crippen LogP contribution < -0.4 is 14.2 Å². The summed E-state index contributed by atoms with van der Waals surface area (Å²) in [6.07, 6.45) is 1.97. The molecule has 1 aliphatic rings. The maximum Gasteiger partial charge on any atom is 0.203 e. The fourth-order valence-corrected chi connectivity index (χ4v) is 3.67. The summed E-state index contributed by atoms with van der Waals surface area (Å²) in [5.74, 6) is 1.37. The van der Waals surface area contributed by atoms with Crippen molar-refractivity contribution in [1.29, 1.82) is 0 Å². The SMILES string of the molecule is [3H][C@@H]1Cc2cc(OC)c(O)cc2C(CCc2cc(O)c(OC)c(OC)c2)N1C. The van der Waals surface area contributed by atoms with Crippen molar-refractivity contribution < 1.29 is 25.8 Å². The molecule has 0 radical (unpaired) electrons. The normalized spacial score (nSPS) is 19.9. The van der Waals surface area contributed by atoms with Gasteiger partial charge in [-0.2, -0.15) is 0 Å². The Labute approximate surface area is 161 Å². The first-order valence-electron chi connectivity index (χ1n) is 9.45. The molecular formula is C21H27NO5. The van der Waals surface area contributed by atoms with Gasteiger partial charge in [-0.25, -0.2) is 0 Å². The fourth-order valence-electron chi connectivity index (χ4n) is 3.67. The largest absolute Gasteiger partial charge is 0.504 e. The van der Waals surface area contributed by atoms with Gasteiger partial charge < -0.3 is 24.4 Å².